The fourth-order valence-electron chi connectivity index (χ4n) is 6.23. The largest absolute Gasteiger partial charge is 0.508 e. The van der Waals surface area contributed by atoms with E-state index in [0.29, 0.717) is 34.8 Å². The standard InChI is InChI=1S/C34H22O10/c1-34-14-22(20-6-4-19(37)13-26(20)44-34)31-30(32(34)39)29-27(42-31)9-16(24-8-15-2-3-18(36)12-25(15)41-24)10-28(29)43-33(40)21-7-5-17(35)11-23(21)38/h2-13,22,35-38H,14H2,1H3. The Labute approximate surface area is 247 Å². The summed E-state index contributed by atoms with van der Waals surface area (Å²) in [6, 6.07) is 17.9. The van der Waals surface area contributed by atoms with Gasteiger partial charge in [-0.25, -0.2) is 4.79 Å². The lowest BCUT2D eigenvalue weighted by Crippen LogP contribution is -2.49. The fourth-order valence-corrected chi connectivity index (χ4v) is 6.23. The predicted molar refractivity (Wildman–Crippen MR) is 156 cm³/mol. The zero-order valence-corrected chi connectivity index (χ0v) is 23.0. The van der Waals surface area contributed by atoms with Crippen LogP contribution in [0.2, 0.25) is 0 Å². The summed E-state index contributed by atoms with van der Waals surface area (Å²) < 4.78 is 24.4. The van der Waals surface area contributed by atoms with E-state index in [1.807, 2.05) is 0 Å². The molecule has 10 heteroatoms. The van der Waals surface area contributed by atoms with Gasteiger partial charge in [-0.3, -0.25) is 4.79 Å². The molecule has 4 aromatic carbocycles. The van der Waals surface area contributed by atoms with E-state index in [2.05, 4.69) is 0 Å². The highest BCUT2D eigenvalue weighted by Crippen LogP contribution is 2.54. The van der Waals surface area contributed by atoms with Crippen LogP contribution in [0.1, 0.15) is 51.3 Å². The minimum atomic E-state index is -1.29. The Morgan fingerprint density at radius 1 is 0.864 bits per heavy atom. The molecule has 4 N–H and O–H groups in total. The zero-order chi connectivity index (χ0) is 30.5. The quantitative estimate of drug-likeness (QED) is 0.128. The summed E-state index contributed by atoms with van der Waals surface area (Å²) in [5.41, 5.74) is 0.587. The predicted octanol–water partition coefficient (Wildman–Crippen LogP) is 6.76. The highest BCUT2D eigenvalue weighted by atomic mass is 16.5. The maximum absolute atomic E-state index is 14.1. The molecule has 218 valence electrons. The van der Waals surface area contributed by atoms with Gasteiger partial charge in [-0.2, -0.15) is 0 Å². The highest BCUT2D eigenvalue weighted by Gasteiger charge is 2.52. The minimum Gasteiger partial charge on any atom is -0.508 e. The fraction of sp³-hybridized carbons (Fsp3) is 0.118. The third-order valence-electron chi connectivity index (χ3n) is 8.30. The molecule has 3 heterocycles. The summed E-state index contributed by atoms with van der Waals surface area (Å²) in [6.45, 7) is 1.68. The molecule has 0 saturated heterocycles. The molecule has 1 aliphatic heterocycles. The second-order valence-corrected chi connectivity index (χ2v) is 11.3. The number of carbonyl (C=O) groups is 2. The van der Waals surface area contributed by atoms with Gasteiger partial charge in [0.2, 0.25) is 5.78 Å². The summed E-state index contributed by atoms with van der Waals surface area (Å²) in [6.07, 6.45) is 0.298. The molecule has 0 fully saturated rings. The molecular weight excluding hydrogens is 568 g/mol. The van der Waals surface area contributed by atoms with Crippen LogP contribution in [0.15, 0.2) is 81.6 Å². The molecule has 0 amide bonds. The number of furan rings is 2. The van der Waals surface area contributed by atoms with Crippen molar-refractivity contribution in [3.63, 3.8) is 0 Å². The van der Waals surface area contributed by atoms with Crippen molar-refractivity contribution in [2.45, 2.75) is 24.9 Å². The normalized spacial score (nSPS) is 18.6. The molecule has 6 aromatic rings. The average molecular weight is 591 g/mol. The van der Waals surface area contributed by atoms with Gasteiger partial charge in [-0.1, -0.05) is 6.07 Å². The Hall–Kier alpha value is -5.90. The van der Waals surface area contributed by atoms with Crippen LogP contribution < -0.4 is 9.47 Å². The molecule has 2 bridgehead atoms. The number of rotatable bonds is 3. The van der Waals surface area contributed by atoms with Crippen LogP contribution in [-0.4, -0.2) is 37.8 Å². The Bertz CT molecular complexity index is 2220. The lowest BCUT2D eigenvalue weighted by molar-refractivity contribution is 0.0349. The molecular formula is C34H22O10. The van der Waals surface area contributed by atoms with Crippen molar-refractivity contribution in [2.75, 3.05) is 0 Å². The first-order valence-electron chi connectivity index (χ1n) is 13.7. The Morgan fingerprint density at radius 3 is 2.43 bits per heavy atom. The van der Waals surface area contributed by atoms with Gasteiger partial charge >= 0.3 is 5.97 Å². The molecule has 0 radical (unpaired) electrons. The number of hydrogen-bond acceptors (Lipinski definition) is 10. The summed E-state index contributed by atoms with van der Waals surface area (Å²) >= 11 is 0. The van der Waals surface area contributed by atoms with Crippen LogP contribution in [0.5, 0.6) is 34.5 Å². The van der Waals surface area contributed by atoms with Gasteiger partial charge in [0.25, 0.3) is 0 Å². The van der Waals surface area contributed by atoms with Gasteiger partial charge in [0.15, 0.2) is 5.60 Å². The van der Waals surface area contributed by atoms with Gasteiger partial charge in [-0.05, 0) is 55.5 Å². The van der Waals surface area contributed by atoms with E-state index < -0.39 is 23.2 Å². The van der Waals surface area contributed by atoms with Crippen LogP contribution in [0, 0.1) is 0 Å². The van der Waals surface area contributed by atoms with Crippen molar-refractivity contribution in [3.05, 3.63) is 95.2 Å². The first kappa shape index (κ1) is 25.8. The summed E-state index contributed by atoms with van der Waals surface area (Å²) in [7, 11) is 0. The maximum atomic E-state index is 14.1. The lowest BCUT2D eigenvalue weighted by atomic mass is 9.72. The monoisotopic (exact) mass is 590 g/mol. The molecule has 10 nitrogen and oxygen atoms in total. The molecule has 2 unspecified atom stereocenters. The molecule has 0 spiro atoms. The van der Waals surface area contributed by atoms with E-state index in [0.717, 1.165) is 17.0 Å². The van der Waals surface area contributed by atoms with Gasteiger partial charge < -0.3 is 38.7 Å². The van der Waals surface area contributed by atoms with Crippen molar-refractivity contribution >= 4 is 33.7 Å². The van der Waals surface area contributed by atoms with Crippen molar-refractivity contribution < 1.29 is 48.3 Å². The number of hydrogen-bond donors (Lipinski definition) is 4. The Morgan fingerprint density at radius 2 is 1.61 bits per heavy atom. The maximum Gasteiger partial charge on any atom is 0.347 e. The van der Waals surface area contributed by atoms with E-state index >= 15 is 0 Å². The third-order valence-corrected chi connectivity index (χ3v) is 8.30. The number of phenols is 4. The van der Waals surface area contributed by atoms with E-state index in [9.17, 15) is 30.0 Å². The number of fused-ring (bicyclic) bond motifs is 9. The minimum absolute atomic E-state index is 0.0000733. The van der Waals surface area contributed by atoms with E-state index in [1.165, 1.54) is 36.4 Å². The van der Waals surface area contributed by atoms with Crippen molar-refractivity contribution in [1.82, 2.24) is 0 Å². The summed E-state index contributed by atoms with van der Waals surface area (Å²) in [4.78, 5) is 27.5. The van der Waals surface area contributed by atoms with Crippen LogP contribution in [-0.2, 0) is 0 Å². The second-order valence-electron chi connectivity index (χ2n) is 11.3. The summed E-state index contributed by atoms with van der Waals surface area (Å²) in [5.74, 6) is -1.29. The highest BCUT2D eigenvalue weighted by molar-refractivity contribution is 6.16. The van der Waals surface area contributed by atoms with Gasteiger partial charge in [-0.15, -0.1) is 0 Å². The SMILES string of the molecule is CC12CC(c3ccc(O)cc3O1)c1oc3cc(-c4cc5ccc(O)cc5o4)cc(OC(=O)c4ccc(O)cc4O)c3c1C2=O. The third kappa shape index (κ3) is 3.74. The lowest BCUT2D eigenvalue weighted by Gasteiger charge is -2.41. The topological polar surface area (TPSA) is 160 Å². The average Bonchev–Trinajstić information content (AvgIpc) is 3.57. The van der Waals surface area contributed by atoms with Crippen LogP contribution in [0.25, 0.3) is 33.3 Å². The first-order chi connectivity index (χ1) is 21.1. The van der Waals surface area contributed by atoms with Crippen molar-refractivity contribution in [1.29, 1.82) is 0 Å². The Balaban J connectivity index is 1.36. The van der Waals surface area contributed by atoms with Crippen molar-refractivity contribution in [2.24, 2.45) is 0 Å². The second kappa shape index (κ2) is 8.81. The molecule has 0 saturated carbocycles. The van der Waals surface area contributed by atoms with Gasteiger partial charge in [0.1, 0.15) is 62.7 Å². The molecule has 2 atom stereocenters. The number of ether oxygens (including phenoxy) is 2. The molecule has 2 aliphatic rings. The van der Waals surface area contributed by atoms with Crippen LogP contribution >= 0.6 is 0 Å². The molecule has 2 aromatic heterocycles. The smallest absolute Gasteiger partial charge is 0.347 e. The first-order valence-corrected chi connectivity index (χ1v) is 13.7. The zero-order valence-electron chi connectivity index (χ0n) is 23.0. The van der Waals surface area contributed by atoms with E-state index in [1.54, 1.807) is 37.3 Å². The molecule has 1 aliphatic carbocycles. The van der Waals surface area contributed by atoms with E-state index in [-0.39, 0.29) is 50.9 Å². The Kier molecular flexibility index (Phi) is 5.16. The molecule has 44 heavy (non-hydrogen) atoms. The number of ketones is 1. The number of carbonyl (C=O) groups excluding carboxylic acids is 2. The van der Waals surface area contributed by atoms with Crippen molar-refractivity contribution in [3.8, 4) is 45.8 Å². The van der Waals surface area contributed by atoms with Gasteiger partial charge in [0.05, 0.1) is 16.9 Å². The molecule has 8 rings (SSSR count). The number of aromatic hydroxyl groups is 4. The van der Waals surface area contributed by atoms with Crippen LogP contribution in [0.3, 0.4) is 0 Å². The number of esters is 1. The van der Waals surface area contributed by atoms with E-state index in [4.69, 9.17) is 18.3 Å². The number of benzene rings is 4. The van der Waals surface area contributed by atoms with Gasteiger partial charge in [0, 0.05) is 41.1 Å². The number of Topliss-reactive ketones (excluding diaryl/α,β-unsaturated/α-hetero) is 1. The summed E-state index contributed by atoms with van der Waals surface area (Å²) in [5, 5.41) is 41.0. The number of phenolic OH excluding ortho intramolecular Hbond substituents is 4. The van der Waals surface area contributed by atoms with Crippen LogP contribution in [0.4, 0.5) is 0 Å².